The van der Waals surface area contributed by atoms with Gasteiger partial charge in [-0.05, 0) is 49.7 Å². The highest BCUT2D eigenvalue weighted by molar-refractivity contribution is 7.89. The van der Waals surface area contributed by atoms with Crippen molar-refractivity contribution < 1.29 is 22.3 Å². The van der Waals surface area contributed by atoms with E-state index in [0.717, 1.165) is 0 Å². The molecule has 3 rings (SSSR count). The molecule has 1 aliphatic rings. The highest BCUT2D eigenvalue weighted by atomic mass is 32.2. The number of ether oxygens (including phenoxy) is 1. The molecule has 0 radical (unpaired) electrons. The zero-order chi connectivity index (χ0) is 20.3. The van der Waals surface area contributed by atoms with E-state index in [2.05, 4.69) is 5.32 Å². The molecule has 1 saturated heterocycles. The molecule has 1 amide bonds. The number of hydrogen-bond acceptors (Lipinski definition) is 4. The largest absolute Gasteiger partial charge is 0.373 e. The summed E-state index contributed by atoms with van der Waals surface area (Å²) in [5, 5.41) is 2.66. The molecule has 1 heterocycles. The summed E-state index contributed by atoms with van der Waals surface area (Å²) in [4.78, 5) is 12.3. The molecule has 150 valence electrons. The average Bonchev–Trinajstić information content (AvgIpc) is 2.63. The predicted molar refractivity (Wildman–Crippen MR) is 104 cm³/mol. The van der Waals surface area contributed by atoms with Crippen molar-refractivity contribution in [3.63, 3.8) is 0 Å². The van der Waals surface area contributed by atoms with Gasteiger partial charge in [0.05, 0.1) is 23.5 Å². The number of amides is 1. The van der Waals surface area contributed by atoms with Crippen LogP contribution in [0.4, 0.5) is 10.1 Å². The normalized spacial score (nSPS) is 20.7. The summed E-state index contributed by atoms with van der Waals surface area (Å²) in [5.41, 5.74) is 0.749. The van der Waals surface area contributed by atoms with E-state index in [4.69, 9.17) is 4.74 Å². The maximum absolute atomic E-state index is 13.6. The molecular weight excluding hydrogens is 383 g/mol. The van der Waals surface area contributed by atoms with E-state index in [1.807, 2.05) is 13.8 Å². The molecule has 8 heteroatoms. The molecule has 1 N–H and O–H groups in total. The predicted octanol–water partition coefficient (Wildman–Crippen LogP) is 2.80. The minimum Gasteiger partial charge on any atom is -0.373 e. The number of halogens is 1. The van der Waals surface area contributed by atoms with Gasteiger partial charge in [0.25, 0.3) is 0 Å². The molecule has 0 aliphatic carbocycles. The van der Waals surface area contributed by atoms with Gasteiger partial charge in [0, 0.05) is 18.8 Å². The van der Waals surface area contributed by atoms with E-state index in [0.29, 0.717) is 24.3 Å². The maximum Gasteiger partial charge on any atom is 0.243 e. The number of carbonyl (C=O) groups excluding carboxylic acids is 1. The number of carbonyl (C=O) groups is 1. The van der Waals surface area contributed by atoms with Crippen molar-refractivity contribution in [3.05, 3.63) is 59.9 Å². The molecule has 0 spiro atoms. The van der Waals surface area contributed by atoms with E-state index in [9.17, 15) is 17.6 Å². The summed E-state index contributed by atoms with van der Waals surface area (Å²) in [6.45, 7) is 4.28. The van der Waals surface area contributed by atoms with Crippen LogP contribution in [-0.4, -0.2) is 43.9 Å². The molecule has 2 aromatic rings. The molecular formula is C20H23FN2O4S. The Morgan fingerprint density at radius 3 is 2.32 bits per heavy atom. The van der Waals surface area contributed by atoms with Crippen LogP contribution < -0.4 is 5.32 Å². The van der Waals surface area contributed by atoms with Crippen molar-refractivity contribution in [1.29, 1.82) is 0 Å². The van der Waals surface area contributed by atoms with Crippen LogP contribution in [0.2, 0.25) is 0 Å². The first kappa shape index (κ1) is 20.4. The second kappa shape index (κ2) is 8.38. The van der Waals surface area contributed by atoms with E-state index in [1.54, 1.807) is 18.2 Å². The molecule has 6 nitrogen and oxygen atoms in total. The van der Waals surface area contributed by atoms with Gasteiger partial charge in [0.15, 0.2) is 0 Å². The van der Waals surface area contributed by atoms with Crippen LogP contribution in [0.15, 0.2) is 53.4 Å². The van der Waals surface area contributed by atoms with Gasteiger partial charge in [0.1, 0.15) is 5.82 Å². The van der Waals surface area contributed by atoms with Gasteiger partial charge in [0.2, 0.25) is 15.9 Å². The SMILES string of the molecule is C[C@H]1CN(S(=O)(=O)c2ccc(NC(=O)Cc3ccccc3F)cc2)C[C@H](C)O1. The minimum atomic E-state index is -3.64. The van der Waals surface area contributed by atoms with Gasteiger partial charge in [-0.2, -0.15) is 4.31 Å². The number of nitrogens with zero attached hydrogens (tertiary/aromatic N) is 1. The number of rotatable bonds is 5. The molecule has 2 aromatic carbocycles. The summed E-state index contributed by atoms with van der Waals surface area (Å²) in [5.74, 6) is -0.815. The molecule has 2 atom stereocenters. The zero-order valence-electron chi connectivity index (χ0n) is 15.8. The molecule has 0 bridgehead atoms. The Morgan fingerprint density at radius 1 is 1.11 bits per heavy atom. The lowest BCUT2D eigenvalue weighted by Gasteiger charge is -2.34. The van der Waals surface area contributed by atoms with Crippen molar-refractivity contribution in [2.45, 2.75) is 37.4 Å². The number of nitrogens with one attached hydrogen (secondary N) is 1. The number of hydrogen-bond donors (Lipinski definition) is 1. The van der Waals surface area contributed by atoms with Crippen LogP contribution in [0.1, 0.15) is 19.4 Å². The van der Waals surface area contributed by atoms with Crippen molar-refractivity contribution in [3.8, 4) is 0 Å². The second-order valence-electron chi connectivity index (χ2n) is 6.92. The molecule has 0 unspecified atom stereocenters. The first-order valence-electron chi connectivity index (χ1n) is 9.04. The van der Waals surface area contributed by atoms with Crippen molar-refractivity contribution in [1.82, 2.24) is 4.31 Å². The monoisotopic (exact) mass is 406 g/mol. The smallest absolute Gasteiger partial charge is 0.243 e. The fraction of sp³-hybridized carbons (Fsp3) is 0.350. The Kier molecular flexibility index (Phi) is 6.12. The molecule has 1 fully saturated rings. The van der Waals surface area contributed by atoms with Crippen LogP contribution >= 0.6 is 0 Å². The van der Waals surface area contributed by atoms with Crippen LogP contribution in [0.25, 0.3) is 0 Å². The minimum absolute atomic E-state index is 0.101. The van der Waals surface area contributed by atoms with Gasteiger partial charge < -0.3 is 10.1 Å². The third-order valence-corrected chi connectivity index (χ3v) is 6.32. The van der Waals surface area contributed by atoms with Gasteiger partial charge in [-0.1, -0.05) is 18.2 Å². The quantitative estimate of drug-likeness (QED) is 0.829. The van der Waals surface area contributed by atoms with Crippen molar-refractivity contribution in [2.75, 3.05) is 18.4 Å². The van der Waals surface area contributed by atoms with Crippen LogP contribution in [0.5, 0.6) is 0 Å². The average molecular weight is 406 g/mol. The van der Waals surface area contributed by atoms with Gasteiger partial charge in [-0.15, -0.1) is 0 Å². The molecule has 0 saturated carbocycles. The fourth-order valence-electron chi connectivity index (χ4n) is 3.21. The number of anilines is 1. The van der Waals surface area contributed by atoms with Crippen molar-refractivity contribution in [2.24, 2.45) is 0 Å². The standard InChI is InChI=1S/C20H23FN2O4S/c1-14-12-23(13-15(2)27-14)28(25,26)18-9-7-17(8-10-18)22-20(24)11-16-5-3-4-6-19(16)21/h3-10,14-15H,11-13H2,1-2H3,(H,22,24)/t14-,15-/m0/s1. The topological polar surface area (TPSA) is 75.7 Å². The lowest BCUT2D eigenvalue weighted by atomic mass is 10.1. The third-order valence-electron chi connectivity index (χ3n) is 4.47. The first-order chi connectivity index (χ1) is 13.3. The Balaban J connectivity index is 1.67. The Bertz CT molecular complexity index is 937. The number of morpholine rings is 1. The van der Waals surface area contributed by atoms with E-state index >= 15 is 0 Å². The van der Waals surface area contributed by atoms with Crippen LogP contribution in [0.3, 0.4) is 0 Å². The Morgan fingerprint density at radius 2 is 1.71 bits per heavy atom. The Labute approximate surface area is 164 Å². The Hall–Kier alpha value is -2.29. The molecule has 28 heavy (non-hydrogen) atoms. The lowest BCUT2D eigenvalue weighted by molar-refractivity contribution is -0.115. The number of sulfonamides is 1. The highest BCUT2D eigenvalue weighted by Gasteiger charge is 2.32. The van der Waals surface area contributed by atoms with Gasteiger partial charge in [-0.25, -0.2) is 12.8 Å². The van der Waals surface area contributed by atoms with Gasteiger partial charge in [-0.3, -0.25) is 4.79 Å². The van der Waals surface area contributed by atoms with E-state index in [-0.39, 0.29) is 29.4 Å². The second-order valence-corrected chi connectivity index (χ2v) is 8.86. The highest BCUT2D eigenvalue weighted by Crippen LogP contribution is 2.22. The van der Waals surface area contributed by atoms with Crippen LogP contribution in [0, 0.1) is 5.82 Å². The molecule has 0 aromatic heterocycles. The zero-order valence-corrected chi connectivity index (χ0v) is 16.6. The summed E-state index contributed by atoms with van der Waals surface area (Å²) in [6, 6.07) is 12.0. The van der Waals surface area contributed by atoms with Crippen LogP contribution in [-0.2, 0) is 26.0 Å². The lowest BCUT2D eigenvalue weighted by Crippen LogP contribution is -2.48. The fourth-order valence-corrected chi connectivity index (χ4v) is 4.80. The first-order valence-corrected chi connectivity index (χ1v) is 10.5. The van der Waals surface area contributed by atoms with E-state index < -0.39 is 15.8 Å². The summed E-state index contributed by atoms with van der Waals surface area (Å²) < 4.78 is 46.3. The van der Waals surface area contributed by atoms with E-state index in [1.165, 1.54) is 34.6 Å². The summed E-state index contributed by atoms with van der Waals surface area (Å²) in [6.07, 6.45) is -0.443. The third kappa shape index (κ3) is 4.76. The summed E-state index contributed by atoms with van der Waals surface area (Å²) >= 11 is 0. The molecule has 1 aliphatic heterocycles. The number of benzene rings is 2. The summed E-state index contributed by atoms with van der Waals surface area (Å²) in [7, 11) is -3.64. The van der Waals surface area contributed by atoms with Gasteiger partial charge >= 0.3 is 0 Å². The van der Waals surface area contributed by atoms with Crippen molar-refractivity contribution >= 4 is 21.6 Å². The maximum atomic E-state index is 13.6.